The van der Waals surface area contributed by atoms with Crippen molar-refractivity contribution >= 4 is 11.8 Å². The number of nitrogens with zero attached hydrogens (tertiary/aromatic N) is 1. The predicted octanol–water partition coefficient (Wildman–Crippen LogP) is 5.15. The molecule has 0 bridgehead atoms. The van der Waals surface area contributed by atoms with E-state index < -0.39 is 6.04 Å². The lowest BCUT2D eigenvalue weighted by atomic mass is 10.0. The van der Waals surface area contributed by atoms with Gasteiger partial charge in [0.1, 0.15) is 17.5 Å². The average Bonchev–Trinajstić information content (AvgIpc) is 2.91. The first kappa shape index (κ1) is 25.8. The smallest absolute Gasteiger partial charge is 0.261 e. The van der Waals surface area contributed by atoms with Crippen LogP contribution in [0.3, 0.4) is 0 Å². The summed E-state index contributed by atoms with van der Waals surface area (Å²) in [6, 6.07) is 25.3. The second-order valence-corrected chi connectivity index (χ2v) is 8.28. The summed E-state index contributed by atoms with van der Waals surface area (Å²) in [6.45, 7) is 2.77. The van der Waals surface area contributed by atoms with Crippen LogP contribution in [-0.2, 0) is 16.1 Å². The van der Waals surface area contributed by atoms with E-state index in [0.29, 0.717) is 12.3 Å². The number of benzene rings is 3. The lowest BCUT2D eigenvalue weighted by Crippen LogP contribution is -2.45. The lowest BCUT2D eigenvalue weighted by Gasteiger charge is -2.31. The number of hydrogen-bond acceptors (Lipinski definition) is 4. The molecule has 0 saturated heterocycles. The van der Waals surface area contributed by atoms with Crippen molar-refractivity contribution < 1.29 is 19.1 Å². The Bertz CT molecular complexity index is 1040. The first-order chi connectivity index (χ1) is 17.1. The van der Waals surface area contributed by atoms with Crippen LogP contribution >= 0.6 is 0 Å². The van der Waals surface area contributed by atoms with Gasteiger partial charge in [0.25, 0.3) is 5.91 Å². The highest BCUT2D eigenvalue weighted by molar-refractivity contribution is 5.89. The van der Waals surface area contributed by atoms with Crippen LogP contribution in [0.15, 0.2) is 84.9 Å². The molecule has 0 heterocycles. The van der Waals surface area contributed by atoms with Crippen LogP contribution in [0.25, 0.3) is 0 Å². The molecule has 1 N–H and O–H groups in total. The second kappa shape index (κ2) is 13.8. The van der Waals surface area contributed by atoms with Crippen molar-refractivity contribution in [3.63, 3.8) is 0 Å². The highest BCUT2D eigenvalue weighted by atomic mass is 16.5. The van der Waals surface area contributed by atoms with E-state index in [1.54, 1.807) is 24.1 Å². The van der Waals surface area contributed by atoms with Gasteiger partial charge < -0.3 is 19.7 Å². The van der Waals surface area contributed by atoms with Gasteiger partial charge in [-0.25, -0.2) is 0 Å². The van der Waals surface area contributed by atoms with Crippen LogP contribution in [0.2, 0.25) is 0 Å². The maximum atomic E-state index is 13.5. The fraction of sp³-hybridized carbons (Fsp3) is 0.310. The topological polar surface area (TPSA) is 67.9 Å². The van der Waals surface area contributed by atoms with E-state index in [0.717, 1.165) is 36.1 Å². The molecule has 0 aromatic heterocycles. The number of amides is 2. The van der Waals surface area contributed by atoms with Crippen molar-refractivity contribution in [2.75, 3.05) is 20.3 Å². The Hall–Kier alpha value is -3.80. The predicted molar refractivity (Wildman–Crippen MR) is 137 cm³/mol. The molecule has 1 atom stereocenters. The summed E-state index contributed by atoms with van der Waals surface area (Å²) in [4.78, 5) is 28.6. The summed E-state index contributed by atoms with van der Waals surface area (Å²) in [7, 11) is 1.61. The van der Waals surface area contributed by atoms with Gasteiger partial charge in [-0.05, 0) is 41.8 Å². The Balaban J connectivity index is 1.88. The van der Waals surface area contributed by atoms with Gasteiger partial charge in [-0.15, -0.1) is 0 Å². The molecule has 0 fully saturated rings. The molecule has 3 aromatic rings. The largest absolute Gasteiger partial charge is 0.497 e. The number of carbonyl (C=O) groups is 2. The van der Waals surface area contributed by atoms with Crippen LogP contribution < -0.4 is 14.8 Å². The molecule has 35 heavy (non-hydrogen) atoms. The zero-order valence-corrected chi connectivity index (χ0v) is 20.5. The third kappa shape index (κ3) is 7.88. The van der Waals surface area contributed by atoms with E-state index >= 15 is 0 Å². The summed E-state index contributed by atoms with van der Waals surface area (Å²) in [5, 5.41) is 3.04. The first-order valence-corrected chi connectivity index (χ1v) is 12.0. The van der Waals surface area contributed by atoms with Gasteiger partial charge in [0.2, 0.25) is 5.91 Å². The lowest BCUT2D eigenvalue weighted by molar-refractivity contribution is -0.143. The van der Waals surface area contributed by atoms with Gasteiger partial charge in [-0.3, -0.25) is 9.59 Å². The van der Waals surface area contributed by atoms with Gasteiger partial charge in [-0.1, -0.05) is 80.4 Å². The third-order valence-electron chi connectivity index (χ3n) is 5.69. The molecule has 0 aliphatic carbocycles. The molecule has 0 unspecified atom stereocenters. The Morgan fingerprint density at radius 3 is 2.14 bits per heavy atom. The summed E-state index contributed by atoms with van der Waals surface area (Å²) < 4.78 is 11.0. The first-order valence-electron chi connectivity index (χ1n) is 12.0. The fourth-order valence-corrected chi connectivity index (χ4v) is 3.79. The maximum absolute atomic E-state index is 13.5. The van der Waals surface area contributed by atoms with Crippen LogP contribution in [0.5, 0.6) is 11.5 Å². The molecule has 2 amide bonds. The molecule has 0 aliphatic heterocycles. The summed E-state index contributed by atoms with van der Waals surface area (Å²) >= 11 is 0. The van der Waals surface area contributed by atoms with E-state index in [2.05, 4.69) is 12.2 Å². The van der Waals surface area contributed by atoms with Crippen molar-refractivity contribution in [2.24, 2.45) is 0 Å². The summed E-state index contributed by atoms with van der Waals surface area (Å²) in [6.07, 6.45) is 3.00. The molecule has 0 saturated carbocycles. The number of methoxy groups -OCH3 is 1. The van der Waals surface area contributed by atoms with Crippen molar-refractivity contribution in [1.29, 1.82) is 0 Å². The van der Waals surface area contributed by atoms with Crippen molar-refractivity contribution in [2.45, 2.75) is 38.8 Å². The van der Waals surface area contributed by atoms with E-state index in [-0.39, 0.29) is 25.0 Å². The molecule has 6 nitrogen and oxygen atoms in total. The van der Waals surface area contributed by atoms with Gasteiger partial charge in [0, 0.05) is 13.1 Å². The van der Waals surface area contributed by atoms with Crippen LogP contribution in [0.4, 0.5) is 0 Å². The molecule has 0 aliphatic rings. The summed E-state index contributed by atoms with van der Waals surface area (Å²) in [5.74, 6) is 0.856. The maximum Gasteiger partial charge on any atom is 0.261 e. The molecule has 0 spiro atoms. The molecular weight excluding hydrogens is 440 g/mol. The van der Waals surface area contributed by atoms with Gasteiger partial charge in [0.15, 0.2) is 6.61 Å². The Morgan fingerprint density at radius 2 is 1.51 bits per heavy atom. The number of nitrogens with one attached hydrogen (secondary N) is 1. The minimum Gasteiger partial charge on any atom is -0.497 e. The highest BCUT2D eigenvalue weighted by Gasteiger charge is 2.31. The standard InChI is InChI=1S/C29H34N2O4/c1-3-4-11-20-30-29(33)28(24-12-7-5-8-13-24)31(21-23-16-18-25(34-2)19-17-23)27(32)22-35-26-14-9-6-10-15-26/h5-10,12-19,28H,3-4,11,20-22H2,1-2H3,(H,30,33)/t28-/m0/s1. The number of hydrogen-bond donors (Lipinski definition) is 1. The zero-order chi connectivity index (χ0) is 24.9. The van der Waals surface area contributed by atoms with E-state index in [4.69, 9.17) is 9.47 Å². The molecule has 6 heteroatoms. The number of unbranched alkanes of at least 4 members (excludes halogenated alkanes) is 2. The number of carbonyl (C=O) groups excluding carboxylic acids is 2. The SMILES string of the molecule is CCCCCNC(=O)[C@H](c1ccccc1)N(Cc1ccc(OC)cc1)C(=O)COc1ccccc1. The van der Waals surface area contributed by atoms with Crippen LogP contribution in [0.1, 0.15) is 43.4 Å². The van der Waals surface area contributed by atoms with Crippen LogP contribution in [0, 0.1) is 0 Å². The minimum absolute atomic E-state index is 0.174. The van der Waals surface area contributed by atoms with E-state index in [9.17, 15) is 9.59 Å². The van der Waals surface area contributed by atoms with Gasteiger partial charge in [-0.2, -0.15) is 0 Å². The van der Waals surface area contributed by atoms with Gasteiger partial charge in [0.05, 0.1) is 7.11 Å². The monoisotopic (exact) mass is 474 g/mol. The van der Waals surface area contributed by atoms with E-state index in [1.807, 2.05) is 72.8 Å². The number of rotatable bonds is 13. The summed E-state index contributed by atoms with van der Waals surface area (Å²) in [5.41, 5.74) is 1.64. The molecule has 3 rings (SSSR count). The molecule has 184 valence electrons. The van der Waals surface area contributed by atoms with Crippen molar-refractivity contribution in [3.8, 4) is 11.5 Å². The highest BCUT2D eigenvalue weighted by Crippen LogP contribution is 2.25. The average molecular weight is 475 g/mol. The normalized spacial score (nSPS) is 11.4. The zero-order valence-electron chi connectivity index (χ0n) is 20.5. The van der Waals surface area contributed by atoms with Gasteiger partial charge >= 0.3 is 0 Å². The quantitative estimate of drug-likeness (QED) is 0.348. The third-order valence-corrected chi connectivity index (χ3v) is 5.69. The van der Waals surface area contributed by atoms with E-state index in [1.165, 1.54) is 0 Å². The number of ether oxygens (including phenoxy) is 2. The van der Waals surface area contributed by atoms with Crippen molar-refractivity contribution in [3.05, 3.63) is 96.1 Å². The van der Waals surface area contributed by atoms with Crippen LogP contribution in [-0.4, -0.2) is 37.0 Å². The molecule has 0 radical (unpaired) electrons. The van der Waals surface area contributed by atoms with Crippen molar-refractivity contribution in [1.82, 2.24) is 10.2 Å². The Labute approximate surface area is 207 Å². The Kier molecular flexibility index (Phi) is 10.2. The minimum atomic E-state index is -0.785. The number of para-hydroxylation sites is 1. The second-order valence-electron chi connectivity index (χ2n) is 8.28. The molecule has 3 aromatic carbocycles. The Morgan fingerprint density at radius 1 is 0.857 bits per heavy atom. The fourth-order valence-electron chi connectivity index (χ4n) is 3.79. The molecular formula is C29H34N2O4.